The third-order valence-electron chi connectivity index (χ3n) is 5.37. The Morgan fingerprint density at radius 2 is 2.11 bits per heavy atom. The van der Waals surface area contributed by atoms with Gasteiger partial charge in [0.2, 0.25) is 5.91 Å². The average Bonchev–Trinajstić information content (AvgIpc) is 3.31. The maximum atomic E-state index is 12.6. The molecule has 1 saturated carbocycles. The van der Waals surface area contributed by atoms with Crippen molar-refractivity contribution in [3.63, 3.8) is 0 Å². The summed E-state index contributed by atoms with van der Waals surface area (Å²) in [5, 5.41) is 12.1. The summed E-state index contributed by atoms with van der Waals surface area (Å²) in [5.74, 6) is 1.02. The lowest BCUT2D eigenvalue weighted by Gasteiger charge is -2.27. The highest BCUT2D eigenvalue weighted by Crippen LogP contribution is 2.28. The molecule has 1 atom stereocenters. The number of amides is 1. The summed E-state index contributed by atoms with van der Waals surface area (Å²) in [6, 6.07) is 3.38. The molecule has 0 spiro atoms. The second-order valence-electron chi connectivity index (χ2n) is 7.61. The molecule has 2 N–H and O–H groups in total. The molecule has 28 heavy (non-hydrogen) atoms. The lowest BCUT2D eigenvalue weighted by Crippen LogP contribution is -2.38. The van der Waals surface area contributed by atoms with Crippen LogP contribution in [0, 0.1) is 12.8 Å². The van der Waals surface area contributed by atoms with Crippen LogP contribution in [0.15, 0.2) is 27.2 Å². The number of aryl methyl sites for hydroxylation is 1. The smallest absolute Gasteiger partial charge is 0.303 e. The molecule has 7 heteroatoms. The van der Waals surface area contributed by atoms with Gasteiger partial charge in [-0.1, -0.05) is 32.1 Å². The number of hydrogen-bond acceptors (Lipinski definition) is 5. The van der Waals surface area contributed by atoms with Gasteiger partial charge >= 0.3 is 5.97 Å². The predicted molar refractivity (Wildman–Crippen MR) is 103 cm³/mol. The highest BCUT2D eigenvalue weighted by atomic mass is 16.4. The Balaban J connectivity index is 1.60. The van der Waals surface area contributed by atoms with E-state index in [1.807, 2.05) is 0 Å². The molecule has 2 aromatic heterocycles. The number of oxazole rings is 1. The molecule has 152 valence electrons. The molecular formula is C21H28N2O5. The van der Waals surface area contributed by atoms with Crippen LogP contribution < -0.4 is 5.32 Å². The molecule has 3 rings (SSSR count). The van der Waals surface area contributed by atoms with Crippen molar-refractivity contribution in [1.29, 1.82) is 0 Å². The number of carboxylic acids is 1. The van der Waals surface area contributed by atoms with Crippen molar-refractivity contribution in [3.8, 4) is 11.7 Å². The zero-order valence-electron chi connectivity index (χ0n) is 16.3. The lowest BCUT2D eigenvalue weighted by molar-refractivity contribution is -0.137. The zero-order chi connectivity index (χ0) is 19.9. The molecule has 1 amide bonds. The van der Waals surface area contributed by atoms with Crippen LogP contribution in [0.4, 0.5) is 0 Å². The fourth-order valence-electron chi connectivity index (χ4n) is 3.90. The molecule has 0 saturated heterocycles. The van der Waals surface area contributed by atoms with Crippen molar-refractivity contribution < 1.29 is 23.5 Å². The summed E-state index contributed by atoms with van der Waals surface area (Å²) in [6.45, 7) is 1.77. The van der Waals surface area contributed by atoms with Gasteiger partial charge in [0.05, 0.1) is 18.4 Å². The largest absolute Gasteiger partial charge is 0.481 e. The van der Waals surface area contributed by atoms with Gasteiger partial charge in [-0.3, -0.25) is 9.59 Å². The van der Waals surface area contributed by atoms with E-state index in [9.17, 15) is 9.59 Å². The van der Waals surface area contributed by atoms with Gasteiger partial charge in [-0.05, 0) is 37.8 Å². The monoisotopic (exact) mass is 388 g/mol. The third-order valence-corrected chi connectivity index (χ3v) is 5.37. The number of aromatic nitrogens is 1. The van der Waals surface area contributed by atoms with Crippen molar-refractivity contribution in [3.05, 3.63) is 29.9 Å². The van der Waals surface area contributed by atoms with Gasteiger partial charge in [-0.2, -0.15) is 0 Å². The number of nitrogens with one attached hydrogen (secondary N) is 1. The van der Waals surface area contributed by atoms with Gasteiger partial charge < -0.3 is 19.3 Å². The molecule has 0 radical (unpaired) electrons. The van der Waals surface area contributed by atoms with E-state index in [1.165, 1.54) is 19.3 Å². The molecular weight excluding hydrogens is 360 g/mol. The number of carbonyl (C=O) groups is 2. The van der Waals surface area contributed by atoms with E-state index in [4.69, 9.17) is 13.9 Å². The molecule has 7 nitrogen and oxygen atoms in total. The Hall–Kier alpha value is -2.57. The first-order valence-corrected chi connectivity index (χ1v) is 10.0. The number of aliphatic carboxylic acids is 1. The molecule has 0 aromatic carbocycles. The van der Waals surface area contributed by atoms with Gasteiger partial charge in [0.25, 0.3) is 5.89 Å². The van der Waals surface area contributed by atoms with Crippen molar-refractivity contribution in [2.75, 3.05) is 0 Å². The number of carbonyl (C=O) groups excluding carboxylic acids is 1. The van der Waals surface area contributed by atoms with Gasteiger partial charge in [0.1, 0.15) is 5.76 Å². The van der Waals surface area contributed by atoms with Crippen molar-refractivity contribution >= 4 is 11.9 Å². The van der Waals surface area contributed by atoms with Gasteiger partial charge in [-0.25, -0.2) is 4.98 Å². The summed E-state index contributed by atoms with van der Waals surface area (Å²) in [5.41, 5.74) is 0.568. The second-order valence-corrected chi connectivity index (χ2v) is 7.61. The molecule has 2 heterocycles. The fourth-order valence-corrected chi connectivity index (χ4v) is 3.90. The van der Waals surface area contributed by atoms with E-state index in [2.05, 4.69) is 10.3 Å². The molecule has 0 aliphatic heterocycles. The maximum absolute atomic E-state index is 12.6. The molecule has 2 aromatic rings. The van der Waals surface area contributed by atoms with Crippen LogP contribution in [0.2, 0.25) is 0 Å². The number of nitrogens with zero attached hydrogens (tertiary/aromatic N) is 1. The zero-order valence-corrected chi connectivity index (χ0v) is 16.3. The van der Waals surface area contributed by atoms with E-state index >= 15 is 0 Å². The highest BCUT2D eigenvalue weighted by molar-refractivity contribution is 5.78. The summed E-state index contributed by atoms with van der Waals surface area (Å²) in [6.07, 6.45) is 9.03. The van der Waals surface area contributed by atoms with Gasteiger partial charge in [0, 0.05) is 12.5 Å². The van der Waals surface area contributed by atoms with Crippen LogP contribution in [0.1, 0.15) is 62.8 Å². The Labute approximate surface area is 164 Å². The standard InChI is InChI=1S/C21H28N2O5/c1-14-17(23-21(28-14)18-8-5-11-27-18)13-19(24)22-16(9-10-20(25)26)12-15-6-3-2-4-7-15/h5,8,11,15-16H,2-4,6-7,9-10,12-13H2,1H3,(H,22,24)(H,25,26). The average molecular weight is 388 g/mol. The summed E-state index contributed by atoms with van der Waals surface area (Å²) in [4.78, 5) is 28.0. The quantitative estimate of drug-likeness (QED) is 0.670. The maximum Gasteiger partial charge on any atom is 0.303 e. The minimum absolute atomic E-state index is 0.0588. The van der Waals surface area contributed by atoms with E-state index in [-0.39, 0.29) is 24.8 Å². The third kappa shape index (κ3) is 5.71. The lowest BCUT2D eigenvalue weighted by atomic mass is 9.84. The number of hydrogen-bond donors (Lipinski definition) is 2. The van der Waals surface area contributed by atoms with E-state index in [0.717, 1.165) is 19.3 Å². The highest BCUT2D eigenvalue weighted by Gasteiger charge is 2.22. The fraction of sp³-hybridized carbons (Fsp3) is 0.571. The van der Waals surface area contributed by atoms with Gasteiger partial charge in [0.15, 0.2) is 5.76 Å². The Kier molecular flexibility index (Phi) is 6.90. The molecule has 1 fully saturated rings. The number of rotatable bonds is 9. The minimum atomic E-state index is -0.835. The van der Waals surface area contributed by atoms with Crippen LogP contribution >= 0.6 is 0 Å². The van der Waals surface area contributed by atoms with Crippen molar-refractivity contribution in [2.24, 2.45) is 5.92 Å². The van der Waals surface area contributed by atoms with Crippen LogP contribution in [0.25, 0.3) is 11.7 Å². The summed E-state index contributed by atoms with van der Waals surface area (Å²) < 4.78 is 10.9. The molecule has 1 aliphatic carbocycles. The molecule has 1 unspecified atom stereocenters. The summed E-state index contributed by atoms with van der Waals surface area (Å²) >= 11 is 0. The first-order valence-electron chi connectivity index (χ1n) is 10.0. The van der Waals surface area contributed by atoms with Crippen molar-refractivity contribution in [2.45, 2.75) is 70.8 Å². The Morgan fingerprint density at radius 1 is 1.32 bits per heavy atom. The normalized spacial score (nSPS) is 16.0. The summed E-state index contributed by atoms with van der Waals surface area (Å²) in [7, 11) is 0. The molecule has 1 aliphatic rings. The second kappa shape index (κ2) is 9.57. The Morgan fingerprint density at radius 3 is 2.79 bits per heavy atom. The first kappa shape index (κ1) is 20.2. The SMILES string of the molecule is Cc1oc(-c2ccco2)nc1CC(=O)NC(CCC(=O)O)CC1CCCCC1. The minimum Gasteiger partial charge on any atom is -0.481 e. The van der Waals surface area contributed by atoms with Crippen LogP contribution in [0.3, 0.4) is 0 Å². The van der Waals surface area contributed by atoms with E-state index < -0.39 is 5.97 Å². The molecule has 0 bridgehead atoms. The van der Waals surface area contributed by atoms with Crippen molar-refractivity contribution in [1.82, 2.24) is 10.3 Å². The Bertz CT molecular complexity index is 775. The number of carboxylic acid groups (broad SMARTS) is 1. The van der Waals surface area contributed by atoms with Crippen LogP contribution in [-0.2, 0) is 16.0 Å². The number of furan rings is 1. The van der Waals surface area contributed by atoms with Crippen LogP contribution in [-0.4, -0.2) is 28.0 Å². The van der Waals surface area contributed by atoms with Gasteiger partial charge in [-0.15, -0.1) is 0 Å². The van der Waals surface area contributed by atoms with E-state index in [1.54, 1.807) is 25.3 Å². The first-order chi connectivity index (χ1) is 13.5. The van der Waals surface area contributed by atoms with Crippen LogP contribution in [0.5, 0.6) is 0 Å². The topological polar surface area (TPSA) is 106 Å². The van der Waals surface area contributed by atoms with E-state index in [0.29, 0.717) is 35.4 Å². The predicted octanol–water partition coefficient (Wildman–Crippen LogP) is 4.11.